The summed E-state index contributed by atoms with van der Waals surface area (Å²) in [6, 6.07) is 15.5. The third-order valence-corrected chi connectivity index (χ3v) is 12.7. The molecule has 1 heterocycles. The summed E-state index contributed by atoms with van der Waals surface area (Å²) in [6.45, 7) is 10.6. The van der Waals surface area contributed by atoms with Gasteiger partial charge in [0.2, 0.25) is 0 Å². The summed E-state index contributed by atoms with van der Waals surface area (Å²) in [6.07, 6.45) is -7.23. The molecule has 0 spiro atoms. The van der Waals surface area contributed by atoms with Gasteiger partial charge in [0.15, 0.2) is 23.6 Å². The number of benzene rings is 2. The molecule has 4 N–H and O–H groups in total. The van der Waals surface area contributed by atoms with Crippen LogP contribution in [-0.4, -0.2) is 93.2 Å². The van der Waals surface area contributed by atoms with Crippen molar-refractivity contribution in [2.75, 3.05) is 6.61 Å². The molecular weight excluding hydrogens is 698 g/mol. The van der Waals surface area contributed by atoms with Crippen molar-refractivity contribution in [2.24, 2.45) is 22.7 Å². The van der Waals surface area contributed by atoms with Gasteiger partial charge >= 0.3 is 17.9 Å². The highest BCUT2D eigenvalue weighted by molar-refractivity contribution is 5.96. The molecule has 2 bridgehead atoms. The minimum Gasteiger partial charge on any atom is -0.456 e. The van der Waals surface area contributed by atoms with E-state index in [-0.39, 0.29) is 25.0 Å². The lowest BCUT2D eigenvalue weighted by atomic mass is 9.42. The van der Waals surface area contributed by atoms with Crippen LogP contribution in [0.15, 0.2) is 71.8 Å². The van der Waals surface area contributed by atoms with Crippen molar-refractivity contribution in [1.82, 2.24) is 5.32 Å². The Hall–Kier alpha value is -4.43. The average Bonchev–Trinajstić information content (AvgIpc) is 3.12. The first-order chi connectivity index (χ1) is 25.3. The molecule has 290 valence electrons. The molecule has 0 aromatic heterocycles. The highest BCUT2D eigenvalue weighted by atomic mass is 16.6. The van der Waals surface area contributed by atoms with Gasteiger partial charge in [-0.3, -0.25) is 19.2 Å². The van der Waals surface area contributed by atoms with E-state index < -0.39 is 100 Å². The second kappa shape index (κ2) is 14.0. The highest BCUT2D eigenvalue weighted by Crippen LogP contribution is 2.65. The third-order valence-electron chi connectivity index (χ3n) is 12.7. The molecule has 3 fully saturated rings. The van der Waals surface area contributed by atoms with E-state index in [2.05, 4.69) is 5.32 Å². The Balaban J connectivity index is 1.44. The summed E-state index contributed by atoms with van der Waals surface area (Å²) >= 11 is 0. The zero-order chi connectivity index (χ0) is 39.5. The van der Waals surface area contributed by atoms with E-state index >= 15 is 4.79 Å². The van der Waals surface area contributed by atoms with Crippen LogP contribution < -0.4 is 5.32 Å². The van der Waals surface area contributed by atoms with Gasteiger partial charge in [-0.2, -0.15) is 0 Å². The Labute approximate surface area is 314 Å². The van der Waals surface area contributed by atoms with Gasteiger partial charge in [0.05, 0.1) is 29.8 Å². The molecule has 11 atom stereocenters. The topological polar surface area (TPSA) is 195 Å². The molecule has 1 aliphatic heterocycles. The maximum Gasteiger partial charge on any atom is 0.338 e. The fourth-order valence-electron chi connectivity index (χ4n) is 9.91. The van der Waals surface area contributed by atoms with Crippen LogP contribution in [0.5, 0.6) is 0 Å². The summed E-state index contributed by atoms with van der Waals surface area (Å²) in [5, 5.41) is 39.3. The molecule has 6 rings (SSSR count). The molecular formula is C41H49NO12. The van der Waals surface area contributed by atoms with Gasteiger partial charge in [0, 0.05) is 43.6 Å². The van der Waals surface area contributed by atoms with Gasteiger partial charge in [0.1, 0.15) is 12.2 Å². The third kappa shape index (κ3) is 6.05. The Kier molecular flexibility index (Phi) is 10.2. The van der Waals surface area contributed by atoms with E-state index in [1.807, 2.05) is 0 Å². The molecule has 1 amide bonds. The van der Waals surface area contributed by atoms with E-state index in [9.17, 15) is 34.5 Å². The van der Waals surface area contributed by atoms with Crippen LogP contribution >= 0.6 is 0 Å². The van der Waals surface area contributed by atoms with E-state index in [1.165, 1.54) is 6.92 Å². The Morgan fingerprint density at radius 2 is 1.56 bits per heavy atom. The van der Waals surface area contributed by atoms with E-state index in [0.29, 0.717) is 16.7 Å². The minimum atomic E-state index is -1.92. The molecule has 13 heteroatoms. The predicted molar refractivity (Wildman–Crippen MR) is 191 cm³/mol. The van der Waals surface area contributed by atoms with Gasteiger partial charge in [-0.15, -0.1) is 0 Å². The number of hydrogen-bond donors (Lipinski definition) is 4. The highest BCUT2D eigenvalue weighted by Gasteiger charge is 2.76. The van der Waals surface area contributed by atoms with Crippen LogP contribution in [0.4, 0.5) is 0 Å². The van der Waals surface area contributed by atoms with E-state index in [4.69, 9.17) is 18.9 Å². The smallest absolute Gasteiger partial charge is 0.338 e. The van der Waals surface area contributed by atoms with Crippen LogP contribution in [0.2, 0.25) is 0 Å². The number of carbonyl (C=O) groups is 5. The summed E-state index contributed by atoms with van der Waals surface area (Å²) in [7, 11) is 0. The number of ketones is 1. The maximum absolute atomic E-state index is 15.1. The number of rotatable bonds is 8. The predicted octanol–water partition coefficient (Wildman–Crippen LogP) is 3.15. The number of esters is 3. The van der Waals surface area contributed by atoms with Gasteiger partial charge in [-0.1, -0.05) is 69.3 Å². The van der Waals surface area contributed by atoms with E-state index in [1.54, 1.807) is 95.3 Å². The second-order valence-electron chi connectivity index (χ2n) is 16.0. The first-order valence-electron chi connectivity index (χ1n) is 18.2. The number of fused-ring (bicyclic) bond motifs is 5. The molecule has 3 aliphatic carbocycles. The maximum atomic E-state index is 15.1. The Bertz CT molecular complexity index is 1860. The lowest BCUT2D eigenvalue weighted by Gasteiger charge is -2.68. The van der Waals surface area contributed by atoms with Crippen molar-refractivity contribution in [1.29, 1.82) is 0 Å². The summed E-state index contributed by atoms with van der Waals surface area (Å²) in [5.41, 5.74) is -5.09. The van der Waals surface area contributed by atoms with Crippen LogP contribution in [0.25, 0.3) is 0 Å². The molecule has 0 radical (unpaired) electrons. The lowest BCUT2D eigenvalue weighted by Crippen LogP contribution is -2.79. The molecule has 4 aliphatic rings. The zero-order valence-corrected chi connectivity index (χ0v) is 31.5. The molecule has 2 aromatic carbocycles. The number of aliphatic hydroxyl groups excluding tert-OH is 2. The fraction of sp³-hybridized carbons (Fsp3) is 0.537. The van der Waals surface area contributed by atoms with Crippen LogP contribution in [0.3, 0.4) is 0 Å². The first-order valence-corrected chi connectivity index (χ1v) is 18.2. The summed E-state index contributed by atoms with van der Waals surface area (Å²) in [4.78, 5) is 67.8. The fourth-order valence-corrected chi connectivity index (χ4v) is 9.91. The monoisotopic (exact) mass is 747 g/mol. The largest absolute Gasteiger partial charge is 0.456 e. The Morgan fingerprint density at radius 1 is 0.944 bits per heavy atom. The van der Waals surface area contributed by atoms with Gasteiger partial charge in [-0.25, -0.2) is 4.79 Å². The van der Waals surface area contributed by atoms with E-state index in [0.717, 1.165) is 6.92 Å². The van der Waals surface area contributed by atoms with Gasteiger partial charge in [0.25, 0.3) is 5.91 Å². The van der Waals surface area contributed by atoms with Crippen LogP contribution in [0, 0.1) is 22.7 Å². The zero-order valence-electron chi connectivity index (χ0n) is 31.5. The van der Waals surface area contributed by atoms with Crippen molar-refractivity contribution in [3.63, 3.8) is 0 Å². The number of aliphatic hydroxyl groups is 3. The quantitative estimate of drug-likeness (QED) is 0.175. The molecule has 2 aromatic rings. The molecule has 2 saturated carbocycles. The van der Waals surface area contributed by atoms with Gasteiger partial charge in [-0.05, 0) is 48.6 Å². The number of hydrogen-bond acceptors (Lipinski definition) is 12. The van der Waals surface area contributed by atoms with Gasteiger partial charge < -0.3 is 39.6 Å². The molecule has 0 unspecified atom stereocenters. The SMILES string of the molecule is CC(=O)O[C@H]1C(=O)[C@@]2(C)[C@H]([C@H](C)[C@]3(O)C[C@H](OC(=O)[C@H](O)[C@@H](NC(=O)c4ccccc4)c4ccccc4)C(C)=C1C3(C)C)[C@]1(OC(C)=O)CO[C@@H]1C[C@@H]2O. The van der Waals surface area contributed by atoms with Crippen molar-refractivity contribution in [2.45, 2.75) is 109 Å². The first kappa shape index (κ1) is 39.3. The average molecular weight is 748 g/mol. The molecule has 54 heavy (non-hydrogen) atoms. The summed E-state index contributed by atoms with van der Waals surface area (Å²) in [5.74, 6) is -5.76. The standard InChI is InChI=1S/C41H49NO12/c1-21-27(53-37(49)32(46)31(25-14-10-8-11-15-25)42-36(48)26-16-12-9-13-17-26)19-41(50)22(2)34-39(7,28(45)18-29-40(34,20-51-29)54-24(4)44)35(47)33(52-23(3)43)30(21)38(41,5)6/h8-17,22,27-29,31-34,45-46,50H,18-20H2,1-7H3,(H,42,48)/t22-,27-,28-,29+,31-,32+,33+,34-,39+,40-,41+/m0/s1. The minimum absolute atomic E-state index is 0.0487. The van der Waals surface area contributed by atoms with Crippen molar-refractivity contribution >= 4 is 29.6 Å². The molecule has 1 saturated heterocycles. The summed E-state index contributed by atoms with van der Waals surface area (Å²) < 4.78 is 23.7. The second-order valence-corrected chi connectivity index (χ2v) is 16.0. The number of carbonyl (C=O) groups excluding carboxylic acids is 5. The van der Waals surface area contributed by atoms with Crippen molar-refractivity contribution in [3.8, 4) is 0 Å². The number of nitrogens with one attached hydrogen (secondary N) is 1. The Morgan fingerprint density at radius 3 is 2.11 bits per heavy atom. The number of ether oxygens (including phenoxy) is 4. The number of amides is 1. The number of Topliss-reactive ketones (excluding diaryl/α,β-unsaturated/α-hetero) is 1. The van der Waals surface area contributed by atoms with Crippen LogP contribution in [0.1, 0.15) is 83.3 Å². The van der Waals surface area contributed by atoms with Crippen molar-refractivity contribution < 1.29 is 58.2 Å². The van der Waals surface area contributed by atoms with Crippen LogP contribution in [-0.2, 0) is 38.1 Å². The van der Waals surface area contributed by atoms with Crippen molar-refractivity contribution in [3.05, 3.63) is 82.9 Å². The lowest BCUT2D eigenvalue weighted by molar-refractivity contribution is -0.338. The normalized spacial score (nSPS) is 35.0. The molecule has 13 nitrogen and oxygen atoms in total.